The molecule has 3 N–H and O–H groups in total. The first-order valence-electron chi connectivity index (χ1n) is 2.91. The molecule has 2 unspecified atom stereocenters. The topological polar surface area (TPSA) is 89.3 Å². The lowest BCUT2D eigenvalue weighted by Crippen LogP contribution is -2.40. The van der Waals surface area contributed by atoms with Crippen molar-refractivity contribution in [1.82, 2.24) is 4.72 Å². The molecule has 0 heterocycles. The number of nitrogens with two attached hydrogens (primary N) is 1. The molecule has 0 aromatic heterocycles. The van der Waals surface area contributed by atoms with Crippen molar-refractivity contribution in [3.05, 3.63) is 0 Å². The van der Waals surface area contributed by atoms with E-state index >= 15 is 0 Å². The Labute approximate surface area is 69.0 Å². The molecule has 0 bridgehead atoms. The zero-order valence-electron chi connectivity index (χ0n) is 6.40. The lowest BCUT2D eigenvalue weighted by Gasteiger charge is -2.08. The van der Waals surface area contributed by atoms with Crippen LogP contribution in [0.3, 0.4) is 0 Å². The average Bonchev–Trinajstić information content (AvgIpc) is 1.53. The number of hydrogen-bond donors (Lipinski definition) is 2. The van der Waals surface area contributed by atoms with E-state index in [9.17, 15) is 12.6 Å². The van der Waals surface area contributed by atoms with Crippen LogP contribution in [-0.2, 0) is 21.0 Å². The van der Waals surface area contributed by atoms with Gasteiger partial charge in [0.25, 0.3) is 10.2 Å². The Balaban J connectivity index is 3.89. The molecule has 0 aliphatic carbocycles. The molecule has 68 valence electrons. The molecular formula is C4H12N2O3S2. The van der Waals surface area contributed by atoms with E-state index in [-0.39, 0.29) is 11.8 Å². The van der Waals surface area contributed by atoms with Crippen molar-refractivity contribution < 1.29 is 12.6 Å². The third-order valence-corrected chi connectivity index (χ3v) is 2.55. The molecule has 0 saturated carbocycles. The smallest absolute Gasteiger partial charge is 0.260 e. The van der Waals surface area contributed by atoms with Gasteiger partial charge in [-0.1, -0.05) is 0 Å². The quantitative estimate of drug-likeness (QED) is 0.581. The Morgan fingerprint density at radius 1 is 1.64 bits per heavy atom. The van der Waals surface area contributed by atoms with Crippen molar-refractivity contribution in [2.45, 2.75) is 13.0 Å². The summed E-state index contributed by atoms with van der Waals surface area (Å²) in [5, 5.41) is 4.67. The first-order valence-corrected chi connectivity index (χ1v) is 6.18. The van der Waals surface area contributed by atoms with Gasteiger partial charge in [0.15, 0.2) is 0 Å². The van der Waals surface area contributed by atoms with E-state index in [1.54, 1.807) is 6.92 Å². The van der Waals surface area contributed by atoms with Gasteiger partial charge in [-0.25, -0.2) is 5.14 Å². The molecule has 0 aliphatic rings. The van der Waals surface area contributed by atoms with E-state index in [4.69, 9.17) is 0 Å². The van der Waals surface area contributed by atoms with Crippen molar-refractivity contribution in [3.8, 4) is 0 Å². The van der Waals surface area contributed by atoms with Gasteiger partial charge in [-0.05, 0) is 6.92 Å². The second-order valence-electron chi connectivity index (χ2n) is 2.30. The first-order chi connectivity index (χ1) is 4.81. The van der Waals surface area contributed by atoms with Crippen LogP contribution in [0.1, 0.15) is 6.92 Å². The standard InChI is InChI=1S/C4H12N2O3S2/c1-4(3-10(2)7)6-11(5,8)9/h4,6H,3H2,1-2H3,(H2,5,8,9). The van der Waals surface area contributed by atoms with Crippen LogP contribution in [-0.4, -0.2) is 30.7 Å². The fourth-order valence-electron chi connectivity index (χ4n) is 0.667. The van der Waals surface area contributed by atoms with Gasteiger partial charge in [0.2, 0.25) is 0 Å². The van der Waals surface area contributed by atoms with Gasteiger partial charge < -0.3 is 0 Å². The Kier molecular flexibility index (Phi) is 4.16. The minimum atomic E-state index is -3.65. The summed E-state index contributed by atoms with van der Waals surface area (Å²) in [6.45, 7) is 1.60. The second-order valence-corrected chi connectivity index (χ2v) is 5.11. The minimum Gasteiger partial charge on any atom is -0.260 e. The van der Waals surface area contributed by atoms with Gasteiger partial charge in [-0.2, -0.15) is 13.1 Å². The van der Waals surface area contributed by atoms with Crippen molar-refractivity contribution in [1.29, 1.82) is 0 Å². The Hall–Kier alpha value is 0.0200. The predicted octanol–water partition coefficient (Wildman–Crippen LogP) is -1.45. The van der Waals surface area contributed by atoms with Crippen LogP contribution in [0.4, 0.5) is 0 Å². The number of hydrogen-bond acceptors (Lipinski definition) is 3. The maximum absolute atomic E-state index is 10.6. The molecule has 0 spiro atoms. The van der Waals surface area contributed by atoms with Crippen LogP contribution in [0.2, 0.25) is 0 Å². The van der Waals surface area contributed by atoms with Crippen molar-refractivity contribution in [2.75, 3.05) is 12.0 Å². The van der Waals surface area contributed by atoms with Crippen LogP contribution >= 0.6 is 0 Å². The largest absolute Gasteiger partial charge is 0.274 e. The minimum absolute atomic E-state index is 0.274. The van der Waals surface area contributed by atoms with E-state index in [0.717, 1.165) is 0 Å². The third-order valence-electron chi connectivity index (χ3n) is 0.850. The van der Waals surface area contributed by atoms with Crippen molar-refractivity contribution in [3.63, 3.8) is 0 Å². The van der Waals surface area contributed by atoms with E-state index in [0.29, 0.717) is 0 Å². The zero-order chi connectivity index (χ0) is 9.07. The van der Waals surface area contributed by atoms with Crippen LogP contribution in [0.5, 0.6) is 0 Å². The molecule has 0 amide bonds. The van der Waals surface area contributed by atoms with Crippen LogP contribution in [0.25, 0.3) is 0 Å². The highest BCUT2D eigenvalue weighted by atomic mass is 32.2. The summed E-state index contributed by atoms with van der Waals surface area (Å²) < 4.78 is 33.5. The maximum atomic E-state index is 10.6. The van der Waals surface area contributed by atoms with Gasteiger partial charge in [-0.3, -0.25) is 4.21 Å². The van der Waals surface area contributed by atoms with Crippen LogP contribution < -0.4 is 9.86 Å². The summed E-state index contributed by atoms with van der Waals surface area (Å²) in [6.07, 6.45) is 1.50. The monoisotopic (exact) mass is 200 g/mol. The number of rotatable bonds is 4. The zero-order valence-corrected chi connectivity index (χ0v) is 8.04. The lowest BCUT2D eigenvalue weighted by molar-refractivity contribution is 0.572. The summed E-state index contributed by atoms with van der Waals surface area (Å²) in [5.41, 5.74) is 0. The van der Waals surface area contributed by atoms with Gasteiger partial charge in [0.1, 0.15) is 0 Å². The number of nitrogens with one attached hydrogen (secondary N) is 1. The van der Waals surface area contributed by atoms with Crippen molar-refractivity contribution >= 4 is 21.0 Å². The molecule has 11 heavy (non-hydrogen) atoms. The fraction of sp³-hybridized carbons (Fsp3) is 1.00. The SMILES string of the molecule is CC(CS(C)=O)NS(N)(=O)=O. The molecule has 7 heteroatoms. The highest BCUT2D eigenvalue weighted by molar-refractivity contribution is 7.87. The molecule has 0 saturated heterocycles. The molecule has 0 aromatic carbocycles. The molecule has 0 rings (SSSR count). The molecule has 0 aliphatic heterocycles. The average molecular weight is 200 g/mol. The van der Waals surface area contributed by atoms with Gasteiger partial charge in [-0.15, -0.1) is 0 Å². The highest BCUT2D eigenvalue weighted by Gasteiger charge is 2.09. The predicted molar refractivity (Wildman–Crippen MR) is 44.6 cm³/mol. The molecular weight excluding hydrogens is 188 g/mol. The molecule has 5 nitrogen and oxygen atoms in total. The van der Waals surface area contributed by atoms with Crippen LogP contribution in [0, 0.1) is 0 Å². The normalized spacial score (nSPS) is 17.7. The van der Waals surface area contributed by atoms with Crippen LogP contribution in [0.15, 0.2) is 0 Å². The van der Waals surface area contributed by atoms with Gasteiger partial charge in [0.05, 0.1) is 0 Å². The molecule has 2 atom stereocenters. The van der Waals surface area contributed by atoms with Gasteiger partial charge in [0, 0.05) is 28.9 Å². The fourth-order valence-corrected chi connectivity index (χ4v) is 2.20. The molecule has 0 fully saturated rings. The first kappa shape index (κ1) is 11.0. The Bertz CT molecular complexity index is 236. The maximum Gasteiger partial charge on any atom is 0.274 e. The Morgan fingerprint density at radius 2 is 2.09 bits per heavy atom. The molecule has 0 radical (unpaired) electrons. The van der Waals surface area contributed by atoms with E-state index in [2.05, 4.69) is 9.86 Å². The Morgan fingerprint density at radius 3 is 2.36 bits per heavy atom. The second kappa shape index (κ2) is 4.15. The summed E-state index contributed by atoms with van der Waals surface area (Å²) in [6, 6.07) is -0.379. The summed E-state index contributed by atoms with van der Waals surface area (Å²) in [5.74, 6) is 0.274. The van der Waals surface area contributed by atoms with Gasteiger partial charge >= 0.3 is 0 Å². The van der Waals surface area contributed by atoms with E-state index in [1.165, 1.54) is 6.26 Å². The lowest BCUT2D eigenvalue weighted by atomic mass is 10.4. The van der Waals surface area contributed by atoms with E-state index < -0.39 is 21.0 Å². The summed E-state index contributed by atoms with van der Waals surface area (Å²) in [7, 11) is -4.67. The van der Waals surface area contributed by atoms with E-state index in [1.807, 2.05) is 0 Å². The van der Waals surface area contributed by atoms with Crippen molar-refractivity contribution in [2.24, 2.45) is 5.14 Å². The third kappa shape index (κ3) is 7.92. The summed E-state index contributed by atoms with van der Waals surface area (Å²) in [4.78, 5) is 0. The summed E-state index contributed by atoms with van der Waals surface area (Å²) >= 11 is 0. The highest BCUT2D eigenvalue weighted by Crippen LogP contribution is 1.86. The molecule has 0 aromatic rings.